The van der Waals surface area contributed by atoms with Gasteiger partial charge in [0.1, 0.15) is 11.2 Å². The van der Waals surface area contributed by atoms with Crippen LogP contribution in [0.3, 0.4) is 0 Å². The SMILES string of the molecule is CCOC(=O)CC1CC(C(C)=O)(C(=O)O)C(c2ccc(Br)cc2)C1[N+](=O)[O-]. The van der Waals surface area contributed by atoms with E-state index in [1.54, 1.807) is 31.2 Å². The highest BCUT2D eigenvalue weighted by molar-refractivity contribution is 9.10. The van der Waals surface area contributed by atoms with Gasteiger partial charge >= 0.3 is 11.9 Å². The second kappa shape index (κ2) is 8.16. The van der Waals surface area contributed by atoms with E-state index in [1.807, 2.05) is 0 Å². The number of rotatable bonds is 7. The number of carboxylic acids is 1. The number of carboxylic acid groups (broad SMARTS) is 1. The normalized spacial score (nSPS) is 27.1. The van der Waals surface area contributed by atoms with Gasteiger partial charge in [-0.3, -0.25) is 24.5 Å². The average Bonchev–Trinajstić information content (AvgIpc) is 2.92. The number of nitrogens with zero attached hydrogens (tertiary/aromatic N) is 1. The van der Waals surface area contributed by atoms with Crippen LogP contribution in [0.1, 0.15) is 38.2 Å². The molecular formula is C18H20BrNO7. The Morgan fingerprint density at radius 2 is 1.93 bits per heavy atom. The number of aliphatic carboxylic acids is 1. The summed E-state index contributed by atoms with van der Waals surface area (Å²) in [5.41, 5.74) is -1.59. The van der Waals surface area contributed by atoms with E-state index in [0.29, 0.717) is 10.0 Å². The lowest BCUT2D eigenvalue weighted by Gasteiger charge is -2.29. The zero-order chi connectivity index (χ0) is 20.4. The van der Waals surface area contributed by atoms with Crippen molar-refractivity contribution in [2.24, 2.45) is 11.3 Å². The summed E-state index contributed by atoms with van der Waals surface area (Å²) in [5.74, 6) is -4.83. The first-order valence-electron chi connectivity index (χ1n) is 8.44. The van der Waals surface area contributed by atoms with Crippen molar-refractivity contribution < 1.29 is 29.2 Å². The van der Waals surface area contributed by atoms with Gasteiger partial charge in [0, 0.05) is 15.3 Å². The number of halogens is 1. The summed E-state index contributed by atoms with van der Waals surface area (Å²) in [6.45, 7) is 2.85. The smallest absolute Gasteiger partial charge is 0.318 e. The van der Waals surface area contributed by atoms with Crippen LogP contribution in [0, 0.1) is 21.4 Å². The molecule has 0 saturated heterocycles. The van der Waals surface area contributed by atoms with Gasteiger partial charge in [0.2, 0.25) is 6.04 Å². The Balaban J connectivity index is 2.61. The molecule has 0 aromatic heterocycles. The molecular weight excluding hydrogens is 422 g/mol. The maximum absolute atomic E-state index is 12.5. The van der Waals surface area contributed by atoms with Crippen molar-refractivity contribution in [3.63, 3.8) is 0 Å². The van der Waals surface area contributed by atoms with E-state index in [1.165, 1.54) is 0 Å². The number of Topliss-reactive ketones (excluding diaryl/α,β-unsaturated/α-hetero) is 1. The molecule has 0 spiro atoms. The summed E-state index contributed by atoms with van der Waals surface area (Å²) in [6, 6.07) is 5.02. The Bertz CT molecular complexity index is 747. The minimum absolute atomic E-state index is 0.113. The van der Waals surface area contributed by atoms with Crippen molar-refractivity contribution in [3.8, 4) is 0 Å². The van der Waals surface area contributed by atoms with Crippen LogP contribution in [-0.4, -0.2) is 40.4 Å². The van der Waals surface area contributed by atoms with Crippen LogP contribution in [0.25, 0.3) is 0 Å². The average molecular weight is 442 g/mol. The van der Waals surface area contributed by atoms with Gasteiger partial charge in [-0.1, -0.05) is 28.1 Å². The number of hydrogen-bond acceptors (Lipinski definition) is 6. The molecule has 8 nitrogen and oxygen atoms in total. The van der Waals surface area contributed by atoms with Crippen molar-refractivity contribution in [1.29, 1.82) is 0 Å². The summed E-state index contributed by atoms with van der Waals surface area (Å²) >= 11 is 3.27. The summed E-state index contributed by atoms with van der Waals surface area (Å²) in [6.07, 6.45) is -0.600. The van der Waals surface area contributed by atoms with Crippen molar-refractivity contribution in [3.05, 3.63) is 44.4 Å². The van der Waals surface area contributed by atoms with Crippen LogP contribution in [0.2, 0.25) is 0 Å². The van der Waals surface area contributed by atoms with Gasteiger partial charge in [-0.2, -0.15) is 0 Å². The Kier molecular flexibility index (Phi) is 6.35. The van der Waals surface area contributed by atoms with Crippen molar-refractivity contribution in [2.75, 3.05) is 6.61 Å². The first-order chi connectivity index (χ1) is 12.6. The predicted molar refractivity (Wildman–Crippen MR) is 97.8 cm³/mol. The highest BCUT2D eigenvalue weighted by Crippen LogP contribution is 2.55. The van der Waals surface area contributed by atoms with Gasteiger partial charge in [0.05, 0.1) is 18.9 Å². The highest BCUT2D eigenvalue weighted by Gasteiger charge is 2.66. The van der Waals surface area contributed by atoms with Gasteiger partial charge in [0.15, 0.2) is 0 Å². The Labute approximate surface area is 164 Å². The molecule has 0 radical (unpaired) electrons. The summed E-state index contributed by atoms with van der Waals surface area (Å²) < 4.78 is 5.59. The van der Waals surface area contributed by atoms with Gasteiger partial charge < -0.3 is 9.84 Å². The number of ketones is 1. The highest BCUT2D eigenvalue weighted by atomic mass is 79.9. The van der Waals surface area contributed by atoms with Crippen LogP contribution in [-0.2, 0) is 19.1 Å². The van der Waals surface area contributed by atoms with Gasteiger partial charge in [-0.25, -0.2) is 0 Å². The molecule has 1 fully saturated rings. The molecule has 1 saturated carbocycles. The molecule has 1 aliphatic rings. The summed E-state index contributed by atoms with van der Waals surface area (Å²) in [4.78, 5) is 47.8. The molecule has 1 aromatic rings. The fourth-order valence-electron chi connectivity index (χ4n) is 4.03. The van der Waals surface area contributed by atoms with Crippen molar-refractivity contribution in [1.82, 2.24) is 0 Å². The van der Waals surface area contributed by atoms with E-state index in [4.69, 9.17) is 4.74 Å². The predicted octanol–water partition coefficient (Wildman–Crippen LogP) is 2.81. The summed E-state index contributed by atoms with van der Waals surface area (Å²) in [7, 11) is 0. The minimum Gasteiger partial charge on any atom is -0.480 e. The van der Waals surface area contributed by atoms with Crippen LogP contribution >= 0.6 is 15.9 Å². The van der Waals surface area contributed by atoms with Gasteiger partial charge in [0.25, 0.3) is 0 Å². The third kappa shape index (κ3) is 3.87. The molecule has 4 unspecified atom stereocenters. The zero-order valence-corrected chi connectivity index (χ0v) is 16.5. The topological polar surface area (TPSA) is 124 Å². The number of esters is 1. The quantitative estimate of drug-likeness (QED) is 0.298. The molecule has 0 amide bonds. The van der Waals surface area contributed by atoms with Gasteiger partial charge in [-0.05, 0) is 38.0 Å². The number of nitro groups is 1. The van der Waals surface area contributed by atoms with E-state index in [9.17, 15) is 29.6 Å². The second-order valence-corrected chi connectivity index (χ2v) is 7.53. The lowest BCUT2D eigenvalue weighted by Crippen LogP contribution is -2.43. The Hall–Kier alpha value is -2.29. The van der Waals surface area contributed by atoms with E-state index < -0.39 is 45.9 Å². The van der Waals surface area contributed by atoms with Crippen molar-refractivity contribution in [2.45, 2.75) is 38.6 Å². The fourth-order valence-corrected chi connectivity index (χ4v) is 4.30. The van der Waals surface area contributed by atoms with Crippen LogP contribution in [0.15, 0.2) is 28.7 Å². The van der Waals surface area contributed by atoms with Crippen LogP contribution in [0.5, 0.6) is 0 Å². The number of ether oxygens (including phenoxy) is 1. The van der Waals surface area contributed by atoms with E-state index in [0.717, 1.165) is 6.92 Å². The first-order valence-corrected chi connectivity index (χ1v) is 9.23. The van der Waals surface area contributed by atoms with E-state index >= 15 is 0 Å². The largest absolute Gasteiger partial charge is 0.480 e. The second-order valence-electron chi connectivity index (χ2n) is 6.61. The lowest BCUT2D eigenvalue weighted by atomic mass is 9.71. The zero-order valence-electron chi connectivity index (χ0n) is 14.9. The number of benzene rings is 1. The third-order valence-corrected chi connectivity index (χ3v) is 5.68. The number of hydrogen-bond donors (Lipinski definition) is 1. The Morgan fingerprint density at radius 3 is 2.37 bits per heavy atom. The number of carbonyl (C=O) groups excluding carboxylic acids is 2. The molecule has 9 heteroatoms. The first kappa shape index (κ1) is 21.0. The molecule has 2 rings (SSSR count). The Morgan fingerprint density at radius 1 is 1.33 bits per heavy atom. The third-order valence-electron chi connectivity index (χ3n) is 5.16. The molecule has 0 bridgehead atoms. The molecule has 0 aliphatic heterocycles. The standard InChI is InChI=1S/C18H20BrNO7/c1-3-27-14(22)8-12-9-18(10(2)21,17(23)24)15(16(12)20(25)26)11-4-6-13(19)7-5-11/h4-7,12,15-16H,3,8-9H2,1-2H3,(H,23,24). The fraction of sp³-hybridized carbons (Fsp3) is 0.500. The molecule has 1 N–H and O–H groups in total. The molecule has 146 valence electrons. The van der Waals surface area contributed by atoms with Crippen LogP contribution in [0.4, 0.5) is 0 Å². The van der Waals surface area contributed by atoms with E-state index in [-0.39, 0.29) is 19.4 Å². The van der Waals surface area contributed by atoms with Gasteiger partial charge in [-0.15, -0.1) is 0 Å². The van der Waals surface area contributed by atoms with E-state index in [2.05, 4.69) is 15.9 Å². The van der Waals surface area contributed by atoms with Crippen molar-refractivity contribution >= 4 is 33.7 Å². The molecule has 27 heavy (non-hydrogen) atoms. The minimum atomic E-state index is -1.97. The number of carbonyl (C=O) groups is 3. The monoisotopic (exact) mass is 441 g/mol. The lowest BCUT2D eigenvalue weighted by molar-refractivity contribution is -0.532. The van der Waals surface area contributed by atoms with Crippen LogP contribution < -0.4 is 0 Å². The summed E-state index contributed by atoms with van der Waals surface area (Å²) in [5, 5.41) is 21.8. The molecule has 0 heterocycles. The molecule has 4 atom stereocenters. The maximum Gasteiger partial charge on any atom is 0.318 e. The molecule has 1 aliphatic carbocycles. The molecule has 1 aromatic carbocycles. The maximum atomic E-state index is 12.5.